The molecule has 1 aliphatic rings. The largest absolute Gasteiger partial charge is 0.497 e. The van der Waals surface area contributed by atoms with Crippen molar-refractivity contribution in [2.75, 3.05) is 20.3 Å². The molecule has 0 N–H and O–H groups in total. The van der Waals surface area contributed by atoms with Gasteiger partial charge < -0.3 is 23.1 Å². The van der Waals surface area contributed by atoms with Gasteiger partial charge in [-0.05, 0) is 86.1 Å². The molecule has 1 aliphatic heterocycles. The summed E-state index contributed by atoms with van der Waals surface area (Å²) in [6.07, 6.45) is 7.01. The number of methoxy groups -OCH3 is 1. The van der Waals surface area contributed by atoms with Crippen LogP contribution in [-0.4, -0.2) is 72.2 Å². The van der Waals surface area contributed by atoms with E-state index >= 15 is 0 Å². The Morgan fingerprint density at radius 3 is 2.09 bits per heavy atom. The number of hydrogen-bond acceptors (Lipinski definition) is 6. The average Bonchev–Trinajstić information content (AvgIpc) is 3.26. The van der Waals surface area contributed by atoms with E-state index in [4.69, 9.17) is 23.1 Å². The summed E-state index contributed by atoms with van der Waals surface area (Å²) in [4.78, 5) is 15.3. The third-order valence-corrected chi connectivity index (χ3v) is 19.0. The van der Waals surface area contributed by atoms with Crippen LogP contribution in [0.15, 0.2) is 49.6 Å². The summed E-state index contributed by atoms with van der Waals surface area (Å²) in [6, 6.07) is 7.36. The summed E-state index contributed by atoms with van der Waals surface area (Å²) in [5.74, 6) is 0.839. The molecular weight excluding hydrogens is 599 g/mol. The molecule has 7 nitrogen and oxygen atoms in total. The number of benzene rings is 1. The number of carbonyl (C=O) groups excluding carboxylic acids is 1. The first-order chi connectivity index (χ1) is 20.9. The first-order valence-corrected chi connectivity index (χ1v) is 22.5. The standard InChI is InChI=1S/C36H63NO6Si2/c1-14-30-32(20-18-26-41-44(10,11)35(3,4)5)42-34(38)37(30)31(15-2)33(43-45(12,13)36(6,7)8)19-16-17-25-40-27-28-21-23-29(39-9)24-22-28/h14-15,21-24,30-33H,1-2,16-20,25-27H2,3-13H3/t30-,31-,32-,33-/m0/s1. The van der Waals surface area contributed by atoms with Gasteiger partial charge in [-0.3, -0.25) is 4.90 Å². The monoisotopic (exact) mass is 661 g/mol. The topological polar surface area (TPSA) is 66.5 Å². The van der Waals surface area contributed by atoms with Crippen LogP contribution >= 0.6 is 0 Å². The number of ether oxygens (including phenoxy) is 3. The Morgan fingerprint density at radius 2 is 1.56 bits per heavy atom. The van der Waals surface area contributed by atoms with E-state index < -0.39 is 16.6 Å². The van der Waals surface area contributed by atoms with Crippen LogP contribution in [0.1, 0.15) is 79.2 Å². The van der Waals surface area contributed by atoms with Crippen LogP contribution in [0, 0.1) is 0 Å². The van der Waals surface area contributed by atoms with Crippen molar-refractivity contribution in [3.8, 4) is 5.75 Å². The fourth-order valence-electron chi connectivity index (χ4n) is 4.97. The molecule has 256 valence electrons. The molecule has 0 bridgehead atoms. The summed E-state index contributed by atoms with van der Waals surface area (Å²) in [7, 11) is -2.33. The molecule has 1 fully saturated rings. The van der Waals surface area contributed by atoms with E-state index in [1.54, 1.807) is 7.11 Å². The van der Waals surface area contributed by atoms with Gasteiger partial charge in [-0.15, -0.1) is 13.2 Å². The summed E-state index contributed by atoms with van der Waals surface area (Å²) >= 11 is 0. The van der Waals surface area contributed by atoms with Crippen molar-refractivity contribution in [2.24, 2.45) is 0 Å². The quantitative estimate of drug-likeness (QED) is 0.0836. The molecule has 1 aromatic rings. The molecule has 0 radical (unpaired) electrons. The fraction of sp³-hybridized carbons (Fsp3) is 0.694. The number of rotatable bonds is 19. The molecule has 4 atom stereocenters. The van der Waals surface area contributed by atoms with E-state index in [2.05, 4.69) is 80.9 Å². The Morgan fingerprint density at radius 1 is 0.933 bits per heavy atom. The van der Waals surface area contributed by atoms with Crippen molar-refractivity contribution in [1.82, 2.24) is 4.90 Å². The van der Waals surface area contributed by atoms with E-state index in [0.717, 1.165) is 43.4 Å². The Bertz CT molecular complexity index is 1080. The highest BCUT2D eigenvalue weighted by Gasteiger charge is 2.47. The van der Waals surface area contributed by atoms with Crippen molar-refractivity contribution in [3.63, 3.8) is 0 Å². The molecule has 1 saturated heterocycles. The molecule has 1 heterocycles. The fourth-order valence-corrected chi connectivity index (χ4v) is 7.42. The third-order valence-electron chi connectivity index (χ3n) is 9.96. The Kier molecular flexibility index (Phi) is 14.6. The van der Waals surface area contributed by atoms with E-state index in [1.807, 2.05) is 41.3 Å². The summed E-state index contributed by atoms with van der Waals surface area (Å²) < 4.78 is 30.6. The predicted molar refractivity (Wildman–Crippen MR) is 191 cm³/mol. The number of amides is 1. The number of carbonyl (C=O) groups is 1. The molecular formula is C36H63NO6Si2. The second-order valence-electron chi connectivity index (χ2n) is 15.3. The number of hydrogen-bond donors (Lipinski definition) is 0. The van der Waals surface area contributed by atoms with Gasteiger partial charge in [0.15, 0.2) is 16.6 Å². The highest BCUT2D eigenvalue weighted by atomic mass is 28.4. The van der Waals surface area contributed by atoms with Gasteiger partial charge in [0.1, 0.15) is 11.9 Å². The van der Waals surface area contributed by atoms with Gasteiger partial charge in [-0.2, -0.15) is 0 Å². The van der Waals surface area contributed by atoms with Crippen LogP contribution in [0.3, 0.4) is 0 Å². The first-order valence-electron chi connectivity index (χ1n) is 16.6. The van der Waals surface area contributed by atoms with Crippen LogP contribution in [0.25, 0.3) is 0 Å². The lowest BCUT2D eigenvalue weighted by Gasteiger charge is -2.43. The third kappa shape index (κ3) is 11.1. The molecule has 45 heavy (non-hydrogen) atoms. The zero-order valence-electron chi connectivity index (χ0n) is 30.2. The van der Waals surface area contributed by atoms with Crippen LogP contribution in [-0.2, 0) is 24.9 Å². The molecule has 2 rings (SSSR count). The second-order valence-corrected chi connectivity index (χ2v) is 24.9. The molecule has 0 spiro atoms. The van der Waals surface area contributed by atoms with E-state index in [9.17, 15) is 4.79 Å². The maximum atomic E-state index is 13.4. The smallest absolute Gasteiger partial charge is 0.411 e. The lowest BCUT2D eigenvalue weighted by Crippen LogP contribution is -2.53. The Labute approximate surface area is 276 Å². The molecule has 9 heteroatoms. The number of nitrogens with zero attached hydrogens (tertiary/aromatic N) is 1. The molecule has 0 unspecified atom stereocenters. The van der Waals surface area contributed by atoms with Gasteiger partial charge in [-0.25, -0.2) is 4.79 Å². The van der Waals surface area contributed by atoms with Gasteiger partial charge in [0.25, 0.3) is 0 Å². The minimum Gasteiger partial charge on any atom is -0.497 e. The molecule has 0 aromatic heterocycles. The van der Waals surface area contributed by atoms with Crippen LogP contribution in [0.2, 0.25) is 36.3 Å². The van der Waals surface area contributed by atoms with Crippen molar-refractivity contribution < 1.29 is 27.9 Å². The molecule has 1 aromatic carbocycles. The summed E-state index contributed by atoms with van der Waals surface area (Å²) in [5, 5.41) is 0.181. The van der Waals surface area contributed by atoms with Crippen LogP contribution in [0.4, 0.5) is 4.79 Å². The Hall–Kier alpha value is -1.92. The number of cyclic esters (lactones) is 1. The van der Waals surface area contributed by atoms with Crippen molar-refractivity contribution in [3.05, 3.63) is 55.1 Å². The normalized spacial score (nSPS) is 19.3. The second kappa shape index (κ2) is 16.8. The van der Waals surface area contributed by atoms with Crippen LogP contribution in [0.5, 0.6) is 5.75 Å². The van der Waals surface area contributed by atoms with Crippen molar-refractivity contribution in [1.29, 1.82) is 0 Å². The summed E-state index contributed by atoms with van der Waals surface area (Å²) in [5.41, 5.74) is 1.12. The van der Waals surface area contributed by atoms with E-state index in [-0.39, 0.29) is 40.5 Å². The van der Waals surface area contributed by atoms with Gasteiger partial charge in [0.05, 0.1) is 31.9 Å². The van der Waals surface area contributed by atoms with E-state index in [0.29, 0.717) is 19.8 Å². The average molecular weight is 662 g/mol. The minimum absolute atomic E-state index is 0.0223. The zero-order valence-corrected chi connectivity index (χ0v) is 32.2. The maximum Gasteiger partial charge on any atom is 0.411 e. The maximum absolute atomic E-state index is 13.4. The van der Waals surface area contributed by atoms with Gasteiger partial charge >= 0.3 is 6.09 Å². The van der Waals surface area contributed by atoms with Gasteiger partial charge in [-0.1, -0.05) is 65.8 Å². The van der Waals surface area contributed by atoms with E-state index in [1.165, 1.54) is 0 Å². The van der Waals surface area contributed by atoms with Crippen LogP contribution < -0.4 is 4.74 Å². The lowest BCUT2D eigenvalue weighted by atomic mass is 9.99. The Balaban J connectivity index is 2.08. The number of unbranched alkanes of at least 4 members (excludes halogenated alkanes) is 1. The van der Waals surface area contributed by atoms with Gasteiger partial charge in [0, 0.05) is 13.2 Å². The van der Waals surface area contributed by atoms with Crippen molar-refractivity contribution in [2.45, 2.75) is 141 Å². The van der Waals surface area contributed by atoms with Gasteiger partial charge in [0.2, 0.25) is 0 Å². The van der Waals surface area contributed by atoms with Crippen molar-refractivity contribution >= 4 is 22.7 Å². The molecule has 1 amide bonds. The summed E-state index contributed by atoms with van der Waals surface area (Å²) in [6.45, 7) is 32.7. The molecule has 0 aliphatic carbocycles. The molecule has 0 saturated carbocycles. The highest BCUT2D eigenvalue weighted by Crippen LogP contribution is 2.40. The SMILES string of the molecule is C=C[C@H]1[C@H](CCCO[Si](C)(C)C(C)(C)C)OC(=O)N1[C@@H](C=C)[C@H](CCCCOCc1ccc(OC)cc1)O[Si](C)(C)C(C)(C)C. The highest BCUT2D eigenvalue weighted by molar-refractivity contribution is 6.74. The first kappa shape index (κ1) is 39.3. The lowest BCUT2D eigenvalue weighted by molar-refractivity contribution is 0.0766. The predicted octanol–water partition coefficient (Wildman–Crippen LogP) is 9.50. The zero-order chi connectivity index (χ0) is 34.1. The minimum atomic E-state index is -2.16.